The first-order chi connectivity index (χ1) is 15.8. The lowest BCUT2D eigenvalue weighted by Crippen LogP contribution is -2.21. The third-order valence-corrected chi connectivity index (χ3v) is 8.65. The van der Waals surface area contributed by atoms with Gasteiger partial charge in [-0.15, -0.1) is 32.9 Å². The van der Waals surface area contributed by atoms with E-state index in [1.165, 1.54) is 4.88 Å². The zero-order valence-corrected chi connectivity index (χ0v) is 21.5. The van der Waals surface area contributed by atoms with E-state index < -0.39 is 17.9 Å². The van der Waals surface area contributed by atoms with Gasteiger partial charge >= 0.3 is 5.97 Å². The van der Waals surface area contributed by atoms with Gasteiger partial charge < -0.3 is 5.11 Å². The number of carboxylic acid groups (broad SMARTS) is 1. The van der Waals surface area contributed by atoms with Gasteiger partial charge in [-0.2, -0.15) is 0 Å². The van der Waals surface area contributed by atoms with Crippen molar-refractivity contribution in [2.24, 2.45) is 10.9 Å². The molecule has 3 aromatic heterocycles. The molecule has 33 heavy (non-hydrogen) atoms. The summed E-state index contributed by atoms with van der Waals surface area (Å²) in [6, 6.07) is 7.46. The fourth-order valence-corrected chi connectivity index (χ4v) is 6.40. The number of nitrogens with zero attached hydrogens (tertiary/aromatic N) is 5. The van der Waals surface area contributed by atoms with E-state index >= 15 is 0 Å². The molecular formula is C23H20BrN5O2S2. The smallest absolute Gasteiger partial charge is 0.308 e. The molecule has 10 heteroatoms. The number of carboxylic acids is 1. The van der Waals surface area contributed by atoms with Crippen LogP contribution in [0.3, 0.4) is 0 Å². The molecule has 0 spiro atoms. The number of fused-ring (bicyclic) bond motifs is 3. The Kier molecular flexibility index (Phi) is 5.54. The molecule has 0 saturated carbocycles. The fourth-order valence-electron chi connectivity index (χ4n) is 3.98. The van der Waals surface area contributed by atoms with Crippen LogP contribution in [-0.2, 0) is 4.79 Å². The molecule has 1 aromatic carbocycles. The number of thiazole rings is 1. The Morgan fingerprint density at radius 3 is 2.45 bits per heavy atom. The van der Waals surface area contributed by atoms with Gasteiger partial charge in [0.25, 0.3) is 0 Å². The molecule has 0 bridgehead atoms. The summed E-state index contributed by atoms with van der Waals surface area (Å²) in [6.07, 6.45) is 1.79. The van der Waals surface area contributed by atoms with E-state index in [0.717, 1.165) is 47.6 Å². The monoisotopic (exact) mass is 541 g/mol. The topological polar surface area (TPSA) is 93.3 Å². The van der Waals surface area contributed by atoms with Crippen molar-refractivity contribution in [1.82, 2.24) is 19.7 Å². The van der Waals surface area contributed by atoms with Crippen LogP contribution in [0.1, 0.15) is 46.2 Å². The lowest BCUT2D eigenvalue weighted by atomic mass is 9.97. The third-order valence-electron chi connectivity index (χ3n) is 5.94. The zero-order chi connectivity index (χ0) is 23.4. The Hall–Kier alpha value is -2.69. The fraction of sp³-hybridized carbons (Fsp3) is 0.261. The molecule has 0 aliphatic carbocycles. The molecule has 168 valence electrons. The van der Waals surface area contributed by atoms with Crippen molar-refractivity contribution in [1.29, 1.82) is 0 Å². The van der Waals surface area contributed by atoms with Gasteiger partial charge in [-0.3, -0.25) is 14.4 Å². The normalized spacial score (nSPS) is 16.0. The number of halogens is 1. The highest BCUT2D eigenvalue weighted by atomic mass is 79.9. The minimum Gasteiger partial charge on any atom is -0.481 e. The van der Waals surface area contributed by atoms with Crippen molar-refractivity contribution in [2.75, 3.05) is 0 Å². The average molecular weight is 542 g/mol. The molecule has 4 heterocycles. The summed E-state index contributed by atoms with van der Waals surface area (Å²) < 4.78 is 2.95. The van der Waals surface area contributed by atoms with Crippen molar-refractivity contribution in [2.45, 2.75) is 33.7 Å². The first kappa shape index (κ1) is 22.1. The summed E-state index contributed by atoms with van der Waals surface area (Å²) in [6.45, 7) is 7.73. The van der Waals surface area contributed by atoms with Crippen LogP contribution < -0.4 is 0 Å². The Morgan fingerprint density at radius 2 is 1.82 bits per heavy atom. The van der Waals surface area contributed by atoms with E-state index in [2.05, 4.69) is 45.0 Å². The van der Waals surface area contributed by atoms with Gasteiger partial charge in [-0.05, 0) is 49.2 Å². The highest BCUT2D eigenvalue weighted by Crippen LogP contribution is 2.41. The predicted octanol–water partition coefficient (Wildman–Crippen LogP) is 5.75. The van der Waals surface area contributed by atoms with Crippen LogP contribution in [0.2, 0.25) is 0 Å². The first-order valence-corrected chi connectivity index (χ1v) is 12.7. The second-order valence-corrected chi connectivity index (χ2v) is 11.6. The number of carbonyl (C=O) groups is 1. The van der Waals surface area contributed by atoms with E-state index in [1.807, 2.05) is 35.8 Å². The molecule has 5 rings (SSSR count). The Morgan fingerprint density at radius 1 is 1.12 bits per heavy atom. The van der Waals surface area contributed by atoms with Crippen LogP contribution >= 0.6 is 38.6 Å². The third kappa shape index (κ3) is 3.66. The summed E-state index contributed by atoms with van der Waals surface area (Å²) in [5.74, 6) is -0.400. The zero-order valence-electron chi connectivity index (χ0n) is 18.3. The second kappa shape index (κ2) is 8.27. The summed E-state index contributed by atoms with van der Waals surface area (Å²) in [4.78, 5) is 22.6. The maximum absolute atomic E-state index is 12.0. The Balaban J connectivity index is 1.72. The molecule has 4 aromatic rings. The lowest BCUT2D eigenvalue weighted by molar-refractivity contribution is -0.141. The maximum atomic E-state index is 12.0. The highest BCUT2D eigenvalue weighted by Gasteiger charge is 2.36. The first-order valence-electron chi connectivity index (χ1n) is 10.3. The number of aliphatic imine (C=N–C) groups is 1. The largest absolute Gasteiger partial charge is 0.481 e. The molecular weight excluding hydrogens is 522 g/mol. The van der Waals surface area contributed by atoms with Gasteiger partial charge in [0, 0.05) is 21.6 Å². The van der Waals surface area contributed by atoms with Crippen LogP contribution in [0.5, 0.6) is 0 Å². The number of hydrogen-bond donors (Lipinski definition) is 1. The Bertz CT molecular complexity index is 1420. The van der Waals surface area contributed by atoms with Gasteiger partial charge in [0.15, 0.2) is 5.82 Å². The SMILES string of the molecule is Cc1sc2c(c1C)C(c1ccc(-c3ncc(Br)s3)cc1)=NC([C@H](C)C(=O)O)c1nnc(C)n1-2. The number of aromatic nitrogens is 4. The molecule has 1 N–H and O–H groups in total. The van der Waals surface area contributed by atoms with Crippen molar-refractivity contribution in [3.8, 4) is 15.6 Å². The molecule has 2 atom stereocenters. The van der Waals surface area contributed by atoms with Crippen LogP contribution in [0.25, 0.3) is 15.6 Å². The van der Waals surface area contributed by atoms with E-state index in [-0.39, 0.29) is 0 Å². The molecule has 7 nitrogen and oxygen atoms in total. The van der Waals surface area contributed by atoms with Crippen LogP contribution in [0.4, 0.5) is 0 Å². The minimum atomic E-state index is -0.918. The molecule has 0 saturated heterocycles. The molecule has 0 amide bonds. The van der Waals surface area contributed by atoms with E-state index in [0.29, 0.717) is 5.82 Å². The summed E-state index contributed by atoms with van der Waals surface area (Å²) in [5, 5.41) is 20.3. The van der Waals surface area contributed by atoms with E-state index in [4.69, 9.17) is 4.99 Å². The van der Waals surface area contributed by atoms with Crippen molar-refractivity contribution in [3.63, 3.8) is 0 Å². The number of aryl methyl sites for hydroxylation is 2. The molecule has 1 aliphatic rings. The van der Waals surface area contributed by atoms with Crippen molar-refractivity contribution >= 4 is 50.3 Å². The number of aliphatic carboxylic acids is 1. The molecule has 1 aliphatic heterocycles. The average Bonchev–Trinajstić information content (AvgIpc) is 3.44. The molecule has 0 fully saturated rings. The predicted molar refractivity (Wildman–Crippen MR) is 134 cm³/mol. The molecule has 0 radical (unpaired) electrons. The van der Waals surface area contributed by atoms with E-state index in [9.17, 15) is 9.90 Å². The van der Waals surface area contributed by atoms with Crippen molar-refractivity contribution in [3.05, 3.63) is 67.5 Å². The summed E-state index contributed by atoms with van der Waals surface area (Å²) >= 11 is 6.70. The number of rotatable bonds is 4. The van der Waals surface area contributed by atoms with Gasteiger partial charge in [-0.1, -0.05) is 24.3 Å². The van der Waals surface area contributed by atoms with Gasteiger partial charge in [0.2, 0.25) is 0 Å². The van der Waals surface area contributed by atoms with Gasteiger partial charge in [0.1, 0.15) is 21.9 Å². The van der Waals surface area contributed by atoms with Crippen LogP contribution in [0, 0.1) is 26.7 Å². The molecule has 1 unspecified atom stereocenters. The van der Waals surface area contributed by atoms with E-state index in [1.54, 1.807) is 35.8 Å². The number of thiophene rings is 1. The second-order valence-electron chi connectivity index (χ2n) is 8.00. The number of benzene rings is 1. The lowest BCUT2D eigenvalue weighted by Gasteiger charge is -2.16. The quantitative estimate of drug-likeness (QED) is 0.354. The summed E-state index contributed by atoms with van der Waals surface area (Å²) in [7, 11) is 0. The Labute approximate surface area is 207 Å². The van der Waals surface area contributed by atoms with Gasteiger partial charge in [0.05, 0.1) is 21.6 Å². The maximum Gasteiger partial charge on any atom is 0.308 e. The highest BCUT2D eigenvalue weighted by molar-refractivity contribution is 9.11. The summed E-state index contributed by atoms with van der Waals surface area (Å²) in [5.41, 5.74) is 4.86. The minimum absolute atomic E-state index is 0.559. The standard InChI is InChI=1S/C23H20BrN5O2S2/c1-10-12(3)32-22-17(10)19(14-5-7-15(8-6-14)21-25-9-16(24)33-21)26-18(11(2)23(30)31)20-28-27-13(4)29(20)22/h5-9,11,18H,1-4H3,(H,30,31)/t11-,18?/m0/s1. The van der Waals surface area contributed by atoms with Crippen molar-refractivity contribution < 1.29 is 9.90 Å². The van der Waals surface area contributed by atoms with Crippen LogP contribution in [0.15, 0.2) is 39.2 Å². The number of hydrogen-bond acceptors (Lipinski definition) is 7. The van der Waals surface area contributed by atoms with Crippen LogP contribution in [-0.4, -0.2) is 36.5 Å². The van der Waals surface area contributed by atoms with Gasteiger partial charge in [-0.25, -0.2) is 4.98 Å².